The van der Waals surface area contributed by atoms with Gasteiger partial charge >= 0.3 is 0 Å². The van der Waals surface area contributed by atoms with Gasteiger partial charge in [-0.1, -0.05) is 18.2 Å². The number of likely N-dealkylation sites (tertiary alicyclic amines) is 1. The first-order valence-electron chi connectivity index (χ1n) is 6.48. The van der Waals surface area contributed by atoms with Crippen LogP contribution in [0.2, 0.25) is 0 Å². The number of hydrogen-bond acceptors (Lipinski definition) is 3. The van der Waals surface area contributed by atoms with Crippen molar-refractivity contribution in [3.8, 4) is 5.69 Å². The molecule has 4 heteroatoms. The van der Waals surface area contributed by atoms with Crippen molar-refractivity contribution < 1.29 is 0 Å². The van der Waals surface area contributed by atoms with Gasteiger partial charge in [0.15, 0.2) is 0 Å². The van der Waals surface area contributed by atoms with E-state index in [-0.39, 0.29) is 0 Å². The topological polar surface area (TPSA) is 34.0 Å². The van der Waals surface area contributed by atoms with E-state index in [9.17, 15) is 0 Å². The van der Waals surface area contributed by atoms with E-state index >= 15 is 0 Å². The number of benzene rings is 1. The van der Waals surface area contributed by atoms with E-state index in [1.54, 1.807) is 0 Å². The van der Waals surface area contributed by atoms with Gasteiger partial charge in [-0.3, -0.25) is 4.57 Å². The summed E-state index contributed by atoms with van der Waals surface area (Å²) in [4.78, 5) is 2.37. The molecule has 4 nitrogen and oxygen atoms in total. The number of para-hydroxylation sites is 1. The van der Waals surface area contributed by atoms with Gasteiger partial charge in [0.2, 0.25) is 0 Å². The molecule has 18 heavy (non-hydrogen) atoms. The van der Waals surface area contributed by atoms with Gasteiger partial charge in [-0.25, -0.2) is 0 Å². The second kappa shape index (κ2) is 4.90. The molecule has 1 aliphatic heterocycles. The number of rotatable bonds is 2. The lowest BCUT2D eigenvalue weighted by Crippen LogP contribution is -2.32. The molecule has 3 rings (SSSR count). The third-order valence-electron chi connectivity index (χ3n) is 3.60. The van der Waals surface area contributed by atoms with E-state index < -0.39 is 0 Å². The summed E-state index contributed by atoms with van der Waals surface area (Å²) in [6.07, 6.45) is 4.26. The normalized spacial score (nSPS) is 21.1. The van der Waals surface area contributed by atoms with E-state index in [4.69, 9.17) is 0 Å². The highest BCUT2D eigenvalue weighted by Crippen LogP contribution is 2.26. The molecule has 0 aliphatic carbocycles. The number of likely N-dealkylation sites (N-methyl/N-ethyl adjacent to an activating group) is 1. The first-order chi connectivity index (χ1) is 8.84. The van der Waals surface area contributed by atoms with Gasteiger partial charge in [0.1, 0.15) is 12.2 Å². The lowest BCUT2D eigenvalue weighted by atomic mass is 9.97. The minimum Gasteiger partial charge on any atom is -0.306 e. The Labute approximate surface area is 107 Å². The second-order valence-corrected chi connectivity index (χ2v) is 5.00. The van der Waals surface area contributed by atoms with Crippen LogP contribution in [0.5, 0.6) is 0 Å². The average Bonchev–Trinajstić information content (AvgIpc) is 2.89. The predicted octanol–water partition coefficient (Wildman–Crippen LogP) is 2.08. The molecule has 2 aromatic rings. The molecule has 0 spiro atoms. The molecule has 0 amide bonds. The van der Waals surface area contributed by atoms with Crippen molar-refractivity contribution in [3.05, 3.63) is 42.5 Å². The van der Waals surface area contributed by atoms with Crippen LogP contribution in [0, 0.1) is 0 Å². The van der Waals surface area contributed by atoms with E-state index in [1.807, 2.05) is 24.5 Å². The molecule has 1 fully saturated rings. The monoisotopic (exact) mass is 242 g/mol. The van der Waals surface area contributed by atoms with E-state index in [0.717, 1.165) is 18.1 Å². The Morgan fingerprint density at radius 2 is 2.06 bits per heavy atom. The zero-order valence-electron chi connectivity index (χ0n) is 10.7. The summed E-state index contributed by atoms with van der Waals surface area (Å²) in [5, 5.41) is 8.43. The molecule has 0 radical (unpaired) electrons. The van der Waals surface area contributed by atoms with Crippen LogP contribution < -0.4 is 0 Å². The van der Waals surface area contributed by atoms with E-state index in [2.05, 4.69) is 38.8 Å². The van der Waals surface area contributed by atoms with Gasteiger partial charge in [0.05, 0.1) is 0 Å². The SMILES string of the molecule is CN1CCC[C@@H](c2nncn2-c2ccccc2)C1. The molecule has 0 unspecified atom stereocenters. The molecule has 1 aromatic carbocycles. The summed E-state index contributed by atoms with van der Waals surface area (Å²) >= 11 is 0. The molecular weight excluding hydrogens is 224 g/mol. The van der Waals surface area contributed by atoms with Crippen LogP contribution in [0.15, 0.2) is 36.7 Å². The van der Waals surface area contributed by atoms with Crippen LogP contribution in [0.4, 0.5) is 0 Å². The lowest BCUT2D eigenvalue weighted by Gasteiger charge is -2.29. The Hall–Kier alpha value is -1.68. The fraction of sp³-hybridized carbons (Fsp3) is 0.429. The number of piperidine rings is 1. The highest BCUT2D eigenvalue weighted by molar-refractivity contribution is 5.32. The fourth-order valence-corrected chi connectivity index (χ4v) is 2.69. The molecule has 0 bridgehead atoms. The Morgan fingerprint density at radius 3 is 2.83 bits per heavy atom. The Bertz CT molecular complexity index is 506. The largest absolute Gasteiger partial charge is 0.306 e. The van der Waals surface area contributed by atoms with Crippen molar-refractivity contribution in [1.82, 2.24) is 19.7 Å². The predicted molar refractivity (Wildman–Crippen MR) is 70.8 cm³/mol. The molecule has 1 aromatic heterocycles. The van der Waals surface area contributed by atoms with Gasteiger partial charge in [0, 0.05) is 18.2 Å². The lowest BCUT2D eigenvalue weighted by molar-refractivity contribution is 0.244. The van der Waals surface area contributed by atoms with Crippen LogP contribution in [-0.2, 0) is 0 Å². The minimum absolute atomic E-state index is 0.492. The first-order valence-corrected chi connectivity index (χ1v) is 6.48. The molecule has 2 heterocycles. The maximum atomic E-state index is 4.34. The molecule has 1 aliphatic rings. The van der Waals surface area contributed by atoms with Crippen LogP contribution in [0.1, 0.15) is 24.6 Å². The Kier molecular flexibility index (Phi) is 3.11. The third-order valence-corrected chi connectivity index (χ3v) is 3.60. The average molecular weight is 242 g/mol. The van der Waals surface area contributed by atoms with Crippen LogP contribution in [0.25, 0.3) is 5.69 Å². The molecule has 0 N–H and O–H groups in total. The van der Waals surface area contributed by atoms with Crippen molar-refractivity contribution in [2.24, 2.45) is 0 Å². The standard InChI is InChI=1S/C14H18N4/c1-17-9-5-6-12(10-17)14-16-15-11-18(14)13-7-3-2-4-8-13/h2-4,7-8,11-12H,5-6,9-10H2,1H3/t12-/m1/s1. The molecule has 94 valence electrons. The van der Waals surface area contributed by atoms with Crippen LogP contribution in [0.3, 0.4) is 0 Å². The van der Waals surface area contributed by atoms with E-state index in [1.165, 1.54) is 19.4 Å². The van der Waals surface area contributed by atoms with Crippen molar-refractivity contribution in [2.45, 2.75) is 18.8 Å². The van der Waals surface area contributed by atoms with Gasteiger partial charge in [-0.05, 0) is 38.6 Å². The Morgan fingerprint density at radius 1 is 1.22 bits per heavy atom. The van der Waals surface area contributed by atoms with Crippen LogP contribution in [-0.4, -0.2) is 39.8 Å². The highest BCUT2D eigenvalue weighted by Gasteiger charge is 2.23. The first kappa shape index (κ1) is 11.4. The summed E-state index contributed by atoms with van der Waals surface area (Å²) in [5.74, 6) is 1.58. The van der Waals surface area contributed by atoms with Gasteiger partial charge in [-0.2, -0.15) is 0 Å². The highest BCUT2D eigenvalue weighted by atomic mass is 15.3. The number of nitrogens with zero attached hydrogens (tertiary/aromatic N) is 4. The smallest absolute Gasteiger partial charge is 0.141 e. The van der Waals surface area contributed by atoms with Gasteiger partial charge in [0.25, 0.3) is 0 Å². The maximum absolute atomic E-state index is 4.34. The molecule has 1 atom stereocenters. The van der Waals surface area contributed by atoms with Crippen molar-refractivity contribution in [3.63, 3.8) is 0 Å². The third kappa shape index (κ3) is 2.16. The zero-order chi connectivity index (χ0) is 12.4. The molecule has 0 saturated carbocycles. The summed E-state index contributed by atoms with van der Waals surface area (Å²) in [5.41, 5.74) is 1.14. The second-order valence-electron chi connectivity index (χ2n) is 5.00. The van der Waals surface area contributed by atoms with E-state index in [0.29, 0.717) is 5.92 Å². The molecule has 1 saturated heterocycles. The summed E-state index contributed by atoms with van der Waals surface area (Å²) in [6, 6.07) is 10.3. The van der Waals surface area contributed by atoms with Crippen molar-refractivity contribution >= 4 is 0 Å². The summed E-state index contributed by atoms with van der Waals surface area (Å²) < 4.78 is 2.11. The fourth-order valence-electron chi connectivity index (χ4n) is 2.69. The summed E-state index contributed by atoms with van der Waals surface area (Å²) in [6.45, 7) is 2.27. The van der Waals surface area contributed by atoms with Gasteiger partial charge in [-0.15, -0.1) is 10.2 Å². The number of aromatic nitrogens is 3. The van der Waals surface area contributed by atoms with Crippen LogP contribution >= 0.6 is 0 Å². The minimum atomic E-state index is 0.492. The van der Waals surface area contributed by atoms with Gasteiger partial charge < -0.3 is 4.90 Å². The number of hydrogen-bond donors (Lipinski definition) is 0. The van der Waals surface area contributed by atoms with Crippen molar-refractivity contribution in [2.75, 3.05) is 20.1 Å². The van der Waals surface area contributed by atoms with Crippen molar-refractivity contribution in [1.29, 1.82) is 0 Å². The molecular formula is C14H18N4. The maximum Gasteiger partial charge on any atom is 0.141 e. The zero-order valence-corrected chi connectivity index (χ0v) is 10.7. The quantitative estimate of drug-likeness (QED) is 0.808. The summed E-state index contributed by atoms with van der Waals surface area (Å²) in [7, 11) is 2.18. The Balaban J connectivity index is 1.92.